The van der Waals surface area contributed by atoms with Crippen LogP contribution in [0.1, 0.15) is 31.5 Å². The third-order valence-corrected chi connectivity index (χ3v) is 5.52. The number of amides is 1. The van der Waals surface area contributed by atoms with E-state index in [1.165, 1.54) is 0 Å². The molecule has 0 radical (unpaired) electrons. The fourth-order valence-corrected chi connectivity index (χ4v) is 4.06. The molecule has 1 aliphatic rings. The highest BCUT2D eigenvalue weighted by Crippen LogP contribution is 2.40. The number of carbonyl (C=O) groups is 1. The van der Waals surface area contributed by atoms with E-state index in [9.17, 15) is 4.79 Å². The van der Waals surface area contributed by atoms with E-state index in [0.29, 0.717) is 17.7 Å². The largest absolute Gasteiger partial charge is 0.366 e. The van der Waals surface area contributed by atoms with Gasteiger partial charge in [-0.15, -0.1) is 10.2 Å². The van der Waals surface area contributed by atoms with Crippen LogP contribution in [-0.4, -0.2) is 27.2 Å². The number of nitrogens with zero attached hydrogens (tertiary/aromatic N) is 5. The maximum Gasteiger partial charge on any atom is 0.248 e. The minimum atomic E-state index is -0.478. The third kappa shape index (κ3) is 2.94. The van der Waals surface area contributed by atoms with Gasteiger partial charge in [-0.3, -0.25) is 9.36 Å². The van der Waals surface area contributed by atoms with Crippen molar-refractivity contribution in [1.82, 2.24) is 14.8 Å². The first-order valence-electron chi connectivity index (χ1n) is 8.27. The average molecular weight is 470 g/mol. The molecule has 3 aromatic rings. The topological polar surface area (TPSA) is 101 Å². The summed E-state index contributed by atoms with van der Waals surface area (Å²) in [4.78, 5) is 13.9. The van der Waals surface area contributed by atoms with Crippen LogP contribution in [-0.2, 0) is 0 Å². The molecule has 8 heteroatoms. The Hall–Kier alpha value is -2.93. The highest BCUT2D eigenvalue weighted by Gasteiger charge is 2.29. The van der Waals surface area contributed by atoms with Gasteiger partial charge in [0.2, 0.25) is 5.91 Å². The molecule has 2 aromatic carbocycles. The number of halogens is 1. The van der Waals surface area contributed by atoms with Gasteiger partial charge in [-0.1, -0.05) is 22.6 Å². The van der Waals surface area contributed by atoms with Gasteiger partial charge in [-0.2, -0.15) is 5.26 Å². The quantitative estimate of drug-likeness (QED) is 0.458. The Morgan fingerprint density at radius 1 is 1.22 bits per heavy atom. The molecule has 0 saturated carbocycles. The molecular weight excluding hydrogens is 455 g/mol. The molecule has 0 unspecified atom stereocenters. The number of aryl methyl sites for hydroxylation is 1. The van der Waals surface area contributed by atoms with Gasteiger partial charge in [-0.05, 0) is 49.4 Å². The van der Waals surface area contributed by atoms with Crippen molar-refractivity contribution in [2.45, 2.75) is 10.8 Å². The summed E-state index contributed by atoms with van der Waals surface area (Å²) >= 11 is 2.35. The lowest BCUT2D eigenvalue weighted by Gasteiger charge is -2.26. The van der Waals surface area contributed by atoms with Gasteiger partial charge >= 0.3 is 0 Å². The Bertz CT molecular complexity index is 1080. The second kappa shape index (κ2) is 6.66. The predicted molar refractivity (Wildman–Crippen MR) is 110 cm³/mol. The van der Waals surface area contributed by atoms with E-state index in [4.69, 9.17) is 11.0 Å². The van der Waals surface area contributed by atoms with Crippen LogP contribution in [0.3, 0.4) is 0 Å². The first-order valence-corrected chi connectivity index (χ1v) is 9.52. The lowest BCUT2D eigenvalue weighted by Crippen LogP contribution is -2.21. The molecule has 4 rings (SSSR count). The molecule has 0 fully saturated rings. The highest BCUT2D eigenvalue weighted by atomic mass is 127. The molecule has 1 amide bonds. The summed E-state index contributed by atoms with van der Waals surface area (Å²) in [6.07, 6.45) is 0. The number of anilines is 2. The van der Waals surface area contributed by atoms with Crippen molar-refractivity contribution in [3.63, 3.8) is 0 Å². The number of hydrogen-bond donors (Lipinski definition) is 1. The molecule has 0 bridgehead atoms. The van der Waals surface area contributed by atoms with E-state index in [0.717, 1.165) is 28.7 Å². The number of hydrogen-bond acceptors (Lipinski definition) is 5. The fraction of sp³-hybridized carbons (Fsp3) is 0.158. The van der Waals surface area contributed by atoms with E-state index < -0.39 is 5.91 Å². The van der Waals surface area contributed by atoms with E-state index in [2.05, 4.69) is 43.8 Å². The minimum absolute atomic E-state index is 0.0730. The zero-order chi connectivity index (χ0) is 19.1. The SMILES string of the molecule is Cc1nnc2n1-c1ccc(C(N)=O)cc1N(c1ccc(C#N)cc1)C[C@H]2I. The monoisotopic (exact) mass is 470 g/mol. The summed E-state index contributed by atoms with van der Waals surface area (Å²) in [6, 6.07) is 14.9. The van der Waals surface area contributed by atoms with Crippen LogP contribution in [0.25, 0.3) is 5.69 Å². The summed E-state index contributed by atoms with van der Waals surface area (Å²) in [5.74, 6) is 1.16. The zero-order valence-corrected chi connectivity index (χ0v) is 16.6. The molecular formula is C19H15IN6O. The van der Waals surface area contributed by atoms with Crippen molar-refractivity contribution in [1.29, 1.82) is 5.26 Å². The molecule has 7 nitrogen and oxygen atoms in total. The number of fused-ring (bicyclic) bond motifs is 3. The molecule has 134 valence electrons. The summed E-state index contributed by atoms with van der Waals surface area (Å²) in [5.41, 5.74) is 9.21. The Morgan fingerprint density at radius 2 is 1.96 bits per heavy atom. The van der Waals surface area contributed by atoms with Crippen LogP contribution >= 0.6 is 22.6 Å². The van der Waals surface area contributed by atoms with Crippen molar-refractivity contribution in [3.8, 4) is 11.8 Å². The van der Waals surface area contributed by atoms with E-state index in [1.807, 2.05) is 29.7 Å². The molecule has 27 heavy (non-hydrogen) atoms. The predicted octanol–water partition coefficient (Wildman–Crippen LogP) is 3.17. The average Bonchev–Trinajstić information content (AvgIpc) is 3.01. The number of primary amides is 1. The maximum absolute atomic E-state index is 11.8. The first-order chi connectivity index (χ1) is 13.0. The maximum atomic E-state index is 11.8. The van der Waals surface area contributed by atoms with Crippen LogP contribution in [0, 0.1) is 18.3 Å². The normalized spacial score (nSPS) is 15.4. The molecule has 0 aliphatic carbocycles. The zero-order valence-electron chi connectivity index (χ0n) is 14.4. The van der Waals surface area contributed by atoms with Gasteiger partial charge in [0, 0.05) is 17.8 Å². The van der Waals surface area contributed by atoms with Gasteiger partial charge in [-0.25, -0.2) is 0 Å². The van der Waals surface area contributed by atoms with Crippen LogP contribution in [0.15, 0.2) is 42.5 Å². The number of nitriles is 1. The minimum Gasteiger partial charge on any atom is -0.366 e. The van der Waals surface area contributed by atoms with Crippen LogP contribution < -0.4 is 10.6 Å². The lowest BCUT2D eigenvalue weighted by molar-refractivity contribution is 0.100. The van der Waals surface area contributed by atoms with E-state index in [1.54, 1.807) is 24.3 Å². The summed E-state index contributed by atoms with van der Waals surface area (Å²) in [7, 11) is 0. The van der Waals surface area contributed by atoms with Crippen LogP contribution in [0.5, 0.6) is 0 Å². The van der Waals surface area contributed by atoms with Crippen molar-refractivity contribution in [2.24, 2.45) is 5.73 Å². The molecule has 2 N–H and O–H groups in total. The van der Waals surface area contributed by atoms with Crippen molar-refractivity contribution in [3.05, 3.63) is 65.2 Å². The van der Waals surface area contributed by atoms with Crippen molar-refractivity contribution in [2.75, 3.05) is 11.4 Å². The molecule has 0 saturated heterocycles. The second-order valence-corrected chi connectivity index (χ2v) is 7.75. The Balaban J connectivity index is 1.96. The molecule has 1 aliphatic heterocycles. The van der Waals surface area contributed by atoms with Crippen molar-refractivity contribution < 1.29 is 4.79 Å². The molecule has 1 aromatic heterocycles. The van der Waals surface area contributed by atoms with Crippen molar-refractivity contribution >= 4 is 39.9 Å². The number of nitrogens with two attached hydrogens (primary N) is 1. The lowest BCUT2D eigenvalue weighted by atomic mass is 10.1. The standard InChI is InChI=1S/C19H15IN6O/c1-11-23-24-19-15(20)10-25(14-5-2-12(9-21)3-6-14)17-8-13(18(22)27)4-7-16(17)26(11)19/h2-8,15H,10H2,1H3,(H2,22,27)/t15-/m1/s1. The number of rotatable bonds is 2. The van der Waals surface area contributed by atoms with Crippen LogP contribution in [0.4, 0.5) is 11.4 Å². The number of aromatic nitrogens is 3. The van der Waals surface area contributed by atoms with Gasteiger partial charge in [0.1, 0.15) is 5.82 Å². The van der Waals surface area contributed by atoms with Gasteiger partial charge in [0.05, 0.1) is 26.9 Å². The summed E-state index contributed by atoms with van der Waals surface area (Å²) in [5, 5.41) is 17.7. The fourth-order valence-electron chi connectivity index (χ4n) is 3.26. The summed E-state index contributed by atoms with van der Waals surface area (Å²) < 4.78 is 2.09. The smallest absolute Gasteiger partial charge is 0.248 e. The van der Waals surface area contributed by atoms with Crippen LogP contribution in [0.2, 0.25) is 0 Å². The van der Waals surface area contributed by atoms with E-state index >= 15 is 0 Å². The number of carbonyl (C=O) groups excluding carboxylic acids is 1. The summed E-state index contributed by atoms with van der Waals surface area (Å²) in [6.45, 7) is 2.54. The Kier molecular flexibility index (Phi) is 4.31. The van der Waals surface area contributed by atoms with Gasteiger partial charge in [0.25, 0.3) is 0 Å². The number of alkyl halides is 1. The highest BCUT2D eigenvalue weighted by molar-refractivity contribution is 14.1. The van der Waals surface area contributed by atoms with Gasteiger partial charge < -0.3 is 10.6 Å². The third-order valence-electron chi connectivity index (χ3n) is 4.57. The number of benzene rings is 2. The first kappa shape index (κ1) is 17.5. The molecule has 0 spiro atoms. The Morgan fingerprint density at radius 3 is 2.63 bits per heavy atom. The second-order valence-electron chi connectivity index (χ2n) is 6.25. The Labute approximate surface area is 169 Å². The van der Waals surface area contributed by atoms with E-state index in [-0.39, 0.29) is 3.92 Å². The van der Waals surface area contributed by atoms with Gasteiger partial charge in [0.15, 0.2) is 5.82 Å². The molecule has 2 heterocycles. The molecule has 1 atom stereocenters.